The van der Waals surface area contributed by atoms with Gasteiger partial charge < -0.3 is 14.6 Å². The molecule has 0 aliphatic carbocycles. The van der Waals surface area contributed by atoms with E-state index in [1.165, 1.54) is 0 Å². The summed E-state index contributed by atoms with van der Waals surface area (Å²) < 4.78 is 7.35. The van der Waals surface area contributed by atoms with E-state index in [1.807, 2.05) is 6.92 Å². The summed E-state index contributed by atoms with van der Waals surface area (Å²) in [7, 11) is 1.69. The highest BCUT2D eigenvalue weighted by Gasteiger charge is 2.18. The third-order valence-electron chi connectivity index (χ3n) is 2.37. The Kier molecular flexibility index (Phi) is 2.28. The van der Waals surface area contributed by atoms with Gasteiger partial charge in [0.1, 0.15) is 11.9 Å². The molecular weight excluding hydrogens is 168 g/mol. The smallest absolute Gasteiger partial charge is 0.162 e. The summed E-state index contributed by atoms with van der Waals surface area (Å²) in [5.41, 5.74) is 0. The number of nitrogens with zero attached hydrogens (tertiary/aromatic N) is 3. The molecule has 0 bridgehead atoms. The quantitative estimate of drug-likeness (QED) is 0.704. The van der Waals surface area contributed by atoms with E-state index >= 15 is 0 Å². The molecule has 1 atom stereocenters. The van der Waals surface area contributed by atoms with Crippen LogP contribution < -0.4 is 5.32 Å². The normalized spacial score (nSPS) is 18.3. The Morgan fingerprint density at radius 2 is 2.38 bits per heavy atom. The van der Waals surface area contributed by atoms with Crippen molar-refractivity contribution < 1.29 is 4.74 Å². The van der Waals surface area contributed by atoms with Crippen LogP contribution in [0.2, 0.25) is 0 Å². The summed E-state index contributed by atoms with van der Waals surface area (Å²) in [4.78, 5) is 0. The van der Waals surface area contributed by atoms with Gasteiger partial charge in [0.2, 0.25) is 0 Å². The van der Waals surface area contributed by atoms with Crippen LogP contribution >= 0.6 is 0 Å². The van der Waals surface area contributed by atoms with Crippen LogP contribution in [0.3, 0.4) is 0 Å². The monoisotopic (exact) mass is 182 g/mol. The van der Waals surface area contributed by atoms with Crippen molar-refractivity contribution in [3.63, 3.8) is 0 Å². The Bertz CT molecular complexity index is 296. The first kappa shape index (κ1) is 8.65. The van der Waals surface area contributed by atoms with E-state index in [2.05, 4.69) is 20.1 Å². The highest BCUT2D eigenvalue weighted by molar-refractivity contribution is 5.00. The van der Waals surface area contributed by atoms with Crippen molar-refractivity contribution in [3.8, 4) is 0 Å². The molecule has 0 saturated carbocycles. The van der Waals surface area contributed by atoms with Gasteiger partial charge in [-0.1, -0.05) is 0 Å². The molecule has 1 aromatic heterocycles. The Hall–Kier alpha value is -0.940. The fraction of sp³-hybridized carbons (Fsp3) is 0.750. The number of nitrogens with one attached hydrogen (secondary N) is 1. The third kappa shape index (κ3) is 1.45. The molecule has 0 saturated heterocycles. The minimum atomic E-state index is 0.0272. The van der Waals surface area contributed by atoms with E-state index < -0.39 is 0 Å². The van der Waals surface area contributed by atoms with Crippen molar-refractivity contribution in [2.45, 2.75) is 26.1 Å². The Balaban J connectivity index is 2.31. The van der Waals surface area contributed by atoms with Crippen molar-refractivity contribution in [3.05, 3.63) is 11.6 Å². The molecule has 5 heteroatoms. The Morgan fingerprint density at radius 3 is 3.15 bits per heavy atom. The topological polar surface area (TPSA) is 52.0 Å². The maximum atomic E-state index is 5.22. The molecule has 2 rings (SSSR count). The van der Waals surface area contributed by atoms with E-state index in [4.69, 9.17) is 4.74 Å². The molecular formula is C8H14N4O. The second-order valence-corrected chi connectivity index (χ2v) is 3.18. The minimum Gasteiger partial charge on any atom is -0.374 e. The lowest BCUT2D eigenvalue weighted by Crippen LogP contribution is -2.29. The molecule has 1 aliphatic heterocycles. The predicted molar refractivity (Wildman–Crippen MR) is 47.2 cm³/mol. The van der Waals surface area contributed by atoms with Crippen molar-refractivity contribution in [2.75, 3.05) is 13.7 Å². The summed E-state index contributed by atoms with van der Waals surface area (Å²) in [6.07, 6.45) is 0.0272. The van der Waals surface area contributed by atoms with Crippen LogP contribution in [0.4, 0.5) is 0 Å². The number of hydrogen-bond acceptors (Lipinski definition) is 4. The molecule has 0 radical (unpaired) electrons. The summed E-state index contributed by atoms with van der Waals surface area (Å²) in [6, 6.07) is 0. The van der Waals surface area contributed by atoms with Crippen molar-refractivity contribution >= 4 is 0 Å². The molecule has 1 aromatic rings. The van der Waals surface area contributed by atoms with Gasteiger partial charge in [-0.05, 0) is 6.92 Å². The van der Waals surface area contributed by atoms with Gasteiger partial charge >= 0.3 is 0 Å². The lowest BCUT2D eigenvalue weighted by Gasteiger charge is -2.17. The van der Waals surface area contributed by atoms with Gasteiger partial charge in [0.15, 0.2) is 5.82 Å². The number of hydrogen-bond donors (Lipinski definition) is 1. The summed E-state index contributed by atoms with van der Waals surface area (Å²) in [6.45, 7) is 4.71. The van der Waals surface area contributed by atoms with Gasteiger partial charge in [-0.15, -0.1) is 10.2 Å². The van der Waals surface area contributed by atoms with Crippen LogP contribution in [0.25, 0.3) is 0 Å². The lowest BCUT2D eigenvalue weighted by atomic mass is 10.3. The van der Waals surface area contributed by atoms with Crippen LogP contribution in [-0.2, 0) is 17.8 Å². The third-order valence-corrected chi connectivity index (χ3v) is 2.37. The average Bonchev–Trinajstić information content (AvgIpc) is 2.60. The Morgan fingerprint density at radius 1 is 1.54 bits per heavy atom. The SMILES string of the molecule is COC(C)c1nnc2n1CCNC2. The summed E-state index contributed by atoms with van der Waals surface area (Å²) >= 11 is 0. The molecule has 0 fully saturated rings. The second-order valence-electron chi connectivity index (χ2n) is 3.18. The molecule has 13 heavy (non-hydrogen) atoms. The molecule has 72 valence electrons. The van der Waals surface area contributed by atoms with Crippen LogP contribution in [0.5, 0.6) is 0 Å². The molecule has 0 amide bonds. The molecule has 1 unspecified atom stereocenters. The van der Waals surface area contributed by atoms with Crippen molar-refractivity contribution in [2.24, 2.45) is 0 Å². The van der Waals surface area contributed by atoms with Crippen LogP contribution in [0.1, 0.15) is 24.7 Å². The van der Waals surface area contributed by atoms with E-state index in [9.17, 15) is 0 Å². The van der Waals surface area contributed by atoms with E-state index in [0.717, 1.165) is 31.3 Å². The summed E-state index contributed by atoms with van der Waals surface area (Å²) in [5, 5.41) is 11.5. The van der Waals surface area contributed by atoms with Crippen LogP contribution in [-0.4, -0.2) is 28.4 Å². The molecule has 1 aliphatic rings. The van der Waals surface area contributed by atoms with Crippen LogP contribution in [0.15, 0.2) is 0 Å². The number of rotatable bonds is 2. The van der Waals surface area contributed by atoms with Crippen LogP contribution in [0, 0.1) is 0 Å². The van der Waals surface area contributed by atoms with Gasteiger partial charge in [-0.2, -0.15) is 0 Å². The molecule has 0 aromatic carbocycles. The zero-order valence-corrected chi connectivity index (χ0v) is 7.95. The fourth-order valence-electron chi connectivity index (χ4n) is 1.52. The zero-order chi connectivity index (χ0) is 9.26. The van der Waals surface area contributed by atoms with E-state index in [-0.39, 0.29) is 6.10 Å². The number of aromatic nitrogens is 3. The Labute approximate surface area is 77.1 Å². The van der Waals surface area contributed by atoms with Gasteiger partial charge in [-0.25, -0.2) is 0 Å². The zero-order valence-electron chi connectivity index (χ0n) is 7.95. The van der Waals surface area contributed by atoms with Gasteiger partial charge in [0.25, 0.3) is 0 Å². The van der Waals surface area contributed by atoms with Gasteiger partial charge in [0.05, 0.1) is 6.54 Å². The lowest BCUT2D eigenvalue weighted by molar-refractivity contribution is 0.108. The first-order valence-electron chi connectivity index (χ1n) is 4.48. The highest BCUT2D eigenvalue weighted by Crippen LogP contribution is 2.15. The molecule has 2 heterocycles. The number of methoxy groups -OCH3 is 1. The van der Waals surface area contributed by atoms with E-state index in [1.54, 1.807) is 7.11 Å². The predicted octanol–water partition coefficient (Wildman–Crippen LogP) is 0.0887. The largest absolute Gasteiger partial charge is 0.374 e. The standard InChI is InChI=1S/C8H14N4O/c1-6(13-2)8-11-10-7-5-9-3-4-12(7)8/h6,9H,3-5H2,1-2H3. The second kappa shape index (κ2) is 3.43. The molecule has 5 nitrogen and oxygen atoms in total. The number of ether oxygens (including phenoxy) is 1. The van der Waals surface area contributed by atoms with Crippen molar-refractivity contribution in [1.82, 2.24) is 20.1 Å². The molecule has 0 spiro atoms. The maximum absolute atomic E-state index is 5.22. The number of fused-ring (bicyclic) bond motifs is 1. The highest BCUT2D eigenvalue weighted by atomic mass is 16.5. The van der Waals surface area contributed by atoms with Gasteiger partial charge in [0, 0.05) is 20.2 Å². The average molecular weight is 182 g/mol. The summed E-state index contributed by atoms with van der Waals surface area (Å²) in [5.74, 6) is 1.93. The van der Waals surface area contributed by atoms with Gasteiger partial charge in [-0.3, -0.25) is 0 Å². The first-order chi connectivity index (χ1) is 6.33. The minimum absolute atomic E-state index is 0.0272. The molecule has 1 N–H and O–H groups in total. The first-order valence-corrected chi connectivity index (χ1v) is 4.48. The van der Waals surface area contributed by atoms with Crippen molar-refractivity contribution in [1.29, 1.82) is 0 Å². The van der Waals surface area contributed by atoms with E-state index in [0.29, 0.717) is 0 Å². The fourth-order valence-corrected chi connectivity index (χ4v) is 1.52. The maximum Gasteiger partial charge on any atom is 0.162 e.